The lowest BCUT2D eigenvalue weighted by Crippen LogP contribution is -2.33. The fraction of sp³-hybridized carbons (Fsp3) is 0.292. The summed E-state index contributed by atoms with van der Waals surface area (Å²) in [6.45, 7) is 1.77. The molecule has 7 nitrogen and oxygen atoms in total. The zero-order valence-electron chi connectivity index (χ0n) is 17.5. The van der Waals surface area contributed by atoms with E-state index in [1.807, 2.05) is 53.0 Å². The van der Waals surface area contributed by atoms with E-state index in [1.165, 1.54) is 6.42 Å². The molecule has 4 heterocycles. The molecular weight excluding hydrogens is 390 g/mol. The number of aliphatic hydroxyl groups is 1. The number of hydrogen-bond donors (Lipinski definition) is 1. The second kappa shape index (κ2) is 8.45. The Hall–Kier alpha value is -3.29. The Morgan fingerprint density at radius 3 is 2.39 bits per heavy atom. The van der Waals surface area contributed by atoms with Gasteiger partial charge in [-0.3, -0.25) is 9.88 Å². The molecule has 1 saturated heterocycles. The van der Waals surface area contributed by atoms with Gasteiger partial charge in [-0.25, -0.2) is 9.50 Å². The van der Waals surface area contributed by atoms with Crippen LogP contribution in [0.25, 0.3) is 28.2 Å². The topological polar surface area (TPSA) is 75.8 Å². The fourth-order valence-corrected chi connectivity index (χ4v) is 4.11. The minimum Gasteiger partial charge on any atom is -0.497 e. The zero-order chi connectivity index (χ0) is 21.2. The van der Waals surface area contributed by atoms with Gasteiger partial charge >= 0.3 is 0 Å². The Balaban J connectivity index is 1.62. The van der Waals surface area contributed by atoms with Crippen molar-refractivity contribution in [2.24, 2.45) is 0 Å². The van der Waals surface area contributed by atoms with Crippen molar-refractivity contribution in [3.8, 4) is 28.3 Å². The van der Waals surface area contributed by atoms with Crippen LogP contribution in [0.15, 0.2) is 60.9 Å². The van der Waals surface area contributed by atoms with Crippen LogP contribution in [0.3, 0.4) is 0 Å². The third-order valence-corrected chi connectivity index (χ3v) is 5.81. The van der Waals surface area contributed by atoms with E-state index >= 15 is 0 Å². The second-order valence-corrected chi connectivity index (χ2v) is 7.80. The average Bonchev–Trinajstić information content (AvgIpc) is 3.28. The van der Waals surface area contributed by atoms with Gasteiger partial charge in [0.2, 0.25) is 0 Å². The van der Waals surface area contributed by atoms with E-state index in [1.54, 1.807) is 19.5 Å². The van der Waals surface area contributed by atoms with E-state index in [0.717, 1.165) is 54.2 Å². The number of rotatable bonds is 5. The zero-order valence-corrected chi connectivity index (χ0v) is 17.5. The molecule has 0 aliphatic carbocycles. The minimum absolute atomic E-state index is 0.622. The summed E-state index contributed by atoms with van der Waals surface area (Å²) in [5.41, 5.74) is 5.02. The normalized spacial score (nSPS) is 15.8. The number of aromatic nitrogens is 4. The Bertz CT molecular complexity index is 1170. The number of nitrogens with zero attached hydrogens (tertiary/aromatic N) is 5. The quantitative estimate of drug-likeness (QED) is 0.532. The molecule has 1 unspecified atom stereocenters. The molecule has 1 atom stereocenters. The largest absolute Gasteiger partial charge is 0.497 e. The highest BCUT2D eigenvalue weighted by atomic mass is 16.5. The van der Waals surface area contributed by atoms with Gasteiger partial charge in [-0.05, 0) is 55.3 Å². The molecule has 7 heteroatoms. The van der Waals surface area contributed by atoms with E-state index in [2.05, 4.69) is 9.88 Å². The maximum atomic E-state index is 11.0. The average molecular weight is 415 g/mol. The Labute approximate surface area is 181 Å². The fourth-order valence-electron chi connectivity index (χ4n) is 4.11. The third kappa shape index (κ3) is 3.89. The van der Waals surface area contributed by atoms with Crippen LogP contribution in [0.4, 0.5) is 0 Å². The summed E-state index contributed by atoms with van der Waals surface area (Å²) in [5, 5.41) is 15.7. The van der Waals surface area contributed by atoms with Crippen LogP contribution in [0, 0.1) is 0 Å². The highest BCUT2D eigenvalue weighted by Crippen LogP contribution is 2.29. The number of ether oxygens (including phenoxy) is 1. The molecule has 0 amide bonds. The van der Waals surface area contributed by atoms with Crippen molar-refractivity contribution in [2.45, 2.75) is 25.5 Å². The van der Waals surface area contributed by atoms with Gasteiger partial charge in [-0.2, -0.15) is 5.10 Å². The van der Waals surface area contributed by atoms with Gasteiger partial charge in [0, 0.05) is 42.7 Å². The summed E-state index contributed by atoms with van der Waals surface area (Å²) in [7, 11) is 1.66. The van der Waals surface area contributed by atoms with Gasteiger partial charge in [-0.15, -0.1) is 0 Å². The summed E-state index contributed by atoms with van der Waals surface area (Å²) < 4.78 is 7.09. The maximum Gasteiger partial charge on any atom is 0.156 e. The van der Waals surface area contributed by atoms with E-state index in [0.29, 0.717) is 11.3 Å². The molecule has 1 N–H and O–H groups in total. The van der Waals surface area contributed by atoms with Gasteiger partial charge in [0.05, 0.1) is 18.5 Å². The molecule has 0 saturated carbocycles. The van der Waals surface area contributed by atoms with Crippen molar-refractivity contribution >= 4 is 5.65 Å². The summed E-state index contributed by atoms with van der Waals surface area (Å²) in [6.07, 6.45) is 6.23. The summed E-state index contributed by atoms with van der Waals surface area (Å²) in [6, 6.07) is 15.7. The van der Waals surface area contributed by atoms with Crippen molar-refractivity contribution < 1.29 is 9.84 Å². The first-order valence-electron chi connectivity index (χ1n) is 10.6. The standard InChI is InChI=1S/C24H25N5O2/c1-31-19-7-5-17(6-8-19)20-15-22(18-9-11-25-12-10-18)29-23(26-20)16-21(27-29)24(30)28-13-3-2-4-14-28/h5-12,15-16,24,30H,2-4,13-14H2,1H3. The van der Waals surface area contributed by atoms with Crippen LogP contribution in [0.5, 0.6) is 5.75 Å². The van der Waals surface area contributed by atoms with E-state index < -0.39 is 6.23 Å². The van der Waals surface area contributed by atoms with Crippen LogP contribution in [-0.2, 0) is 0 Å². The van der Waals surface area contributed by atoms with Gasteiger partial charge in [-0.1, -0.05) is 6.42 Å². The van der Waals surface area contributed by atoms with Crippen LogP contribution in [0.1, 0.15) is 31.2 Å². The number of aliphatic hydroxyl groups excluding tert-OH is 1. The third-order valence-electron chi connectivity index (χ3n) is 5.81. The summed E-state index contributed by atoms with van der Waals surface area (Å²) in [5.74, 6) is 0.801. The van der Waals surface area contributed by atoms with Gasteiger partial charge in [0.15, 0.2) is 11.9 Å². The second-order valence-electron chi connectivity index (χ2n) is 7.80. The molecule has 1 fully saturated rings. The number of pyridine rings is 1. The molecule has 5 rings (SSSR count). The lowest BCUT2D eigenvalue weighted by Gasteiger charge is -2.29. The number of hydrogen-bond acceptors (Lipinski definition) is 6. The number of fused-ring (bicyclic) bond motifs is 1. The van der Waals surface area contributed by atoms with E-state index in [4.69, 9.17) is 14.8 Å². The SMILES string of the molecule is COc1ccc(-c2cc(-c3ccncc3)n3nc(C(O)N4CCCCC4)cc3n2)cc1. The molecule has 0 spiro atoms. The first-order valence-corrected chi connectivity index (χ1v) is 10.6. The number of methoxy groups -OCH3 is 1. The Kier molecular flexibility index (Phi) is 5.36. The Morgan fingerprint density at radius 2 is 1.68 bits per heavy atom. The lowest BCUT2D eigenvalue weighted by atomic mass is 10.1. The molecule has 31 heavy (non-hydrogen) atoms. The monoisotopic (exact) mass is 415 g/mol. The molecule has 3 aromatic heterocycles. The smallest absolute Gasteiger partial charge is 0.156 e. The van der Waals surface area contributed by atoms with Crippen LogP contribution < -0.4 is 4.74 Å². The minimum atomic E-state index is -0.725. The van der Waals surface area contributed by atoms with Crippen molar-refractivity contribution in [3.05, 3.63) is 66.6 Å². The molecule has 1 aliphatic heterocycles. The predicted octanol–water partition coefficient (Wildman–Crippen LogP) is 3.94. The maximum absolute atomic E-state index is 11.0. The van der Waals surface area contributed by atoms with Crippen LogP contribution in [-0.4, -0.2) is 49.8 Å². The molecule has 1 aromatic carbocycles. The van der Waals surface area contributed by atoms with Crippen molar-refractivity contribution in [2.75, 3.05) is 20.2 Å². The van der Waals surface area contributed by atoms with Crippen molar-refractivity contribution in [3.63, 3.8) is 0 Å². The van der Waals surface area contributed by atoms with E-state index in [9.17, 15) is 5.11 Å². The molecule has 4 aromatic rings. The molecular formula is C24H25N5O2. The van der Waals surface area contributed by atoms with Crippen LogP contribution >= 0.6 is 0 Å². The van der Waals surface area contributed by atoms with Crippen LogP contribution in [0.2, 0.25) is 0 Å². The number of piperidine rings is 1. The molecule has 0 radical (unpaired) electrons. The first kappa shape index (κ1) is 19.7. The highest BCUT2D eigenvalue weighted by Gasteiger charge is 2.23. The van der Waals surface area contributed by atoms with Gasteiger partial charge < -0.3 is 9.84 Å². The van der Waals surface area contributed by atoms with Gasteiger partial charge in [0.1, 0.15) is 11.4 Å². The highest BCUT2D eigenvalue weighted by molar-refractivity contribution is 5.71. The predicted molar refractivity (Wildman–Crippen MR) is 119 cm³/mol. The summed E-state index contributed by atoms with van der Waals surface area (Å²) >= 11 is 0. The molecule has 1 aliphatic rings. The van der Waals surface area contributed by atoms with E-state index in [-0.39, 0.29) is 0 Å². The summed E-state index contributed by atoms with van der Waals surface area (Å²) in [4.78, 5) is 11.1. The van der Waals surface area contributed by atoms with Crippen molar-refractivity contribution in [1.29, 1.82) is 0 Å². The molecule has 0 bridgehead atoms. The Morgan fingerprint density at radius 1 is 0.935 bits per heavy atom. The van der Waals surface area contributed by atoms with Crippen molar-refractivity contribution in [1.82, 2.24) is 24.5 Å². The molecule has 158 valence electrons. The number of benzene rings is 1. The van der Waals surface area contributed by atoms with Gasteiger partial charge in [0.25, 0.3) is 0 Å². The lowest BCUT2D eigenvalue weighted by molar-refractivity contribution is -0.0130. The first-order chi connectivity index (χ1) is 15.2. The number of likely N-dealkylation sites (tertiary alicyclic amines) is 1.